The van der Waals surface area contributed by atoms with E-state index in [4.69, 9.17) is 16.3 Å². The summed E-state index contributed by atoms with van der Waals surface area (Å²) in [6.07, 6.45) is 2.09. The lowest BCUT2D eigenvalue weighted by Crippen LogP contribution is -2.19. The summed E-state index contributed by atoms with van der Waals surface area (Å²) >= 11 is 5.94. The van der Waals surface area contributed by atoms with Gasteiger partial charge in [-0.15, -0.1) is 0 Å². The fourth-order valence-electron chi connectivity index (χ4n) is 3.40. The highest BCUT2D eigenvalue weighted by molar-refractivity contribution is 6.30. The molecule has 1 aromatic heterocycles. The van der Waals surface area contributed by atoms with Gasteiger partial charge in [-0.3, -0.25) is 10.1 Å². The highest BCUT2D eigenvalue weighted by atomic mass is 35.5. The molecule has 2 heterocycles. The van der Waals surface area contributed by atoms with Crippen LogP contribution in [0.4, 0.5) is 10.6 Å². The normalized spacial score (nSPS) is 12.9. The van der Waals surface area contributed by atoms with Crippen molar-refractivity contribution in [1.82, 2.24) is 9.55 Å². The van der Waals surface area contributed by atoms with Crippen LogP contribution in [0.1, 0.15) is 40.3 Å². The molecule has 0 aliphatic carbocycles. The molecule has 0 atom stereocenters. The molecular formula is C22H20ClN3O3. The first-order valence-electron chi connectivity index (χ1n) is 9.49. The van der Waals surface area contributed by atoms with Crippen molar-refractivity contribution >= 4 is 29.3 Å². The highest BCUT2D eigenvalue weighted by Gasteiger charge is 2.27. The number of nitrogens with zero attached hydrogens (tertiary/aromatic N) is 2. The van der Waals surface area contributed by atoms with Gasteiger partial charge in [-0.05, 0) is 42.7 Å². The Labute approximate surface area is 173 Å². The zero-order valence-electron chi connectivity index (χ0n) is 15.7. The van der Waals surface area contributed by atoms with Crippen molar-refractivity contribution in [3.05, 3.63) is 82.3 Å². The van der Waals surface area contributed by atoms with Crippen LogP contribution in [0.2, 0.25) is 5.02 Å². The van der Waals surface area contributed by atoms with Crippen LogP contribution < -0.4 is 5.32 Å². The van der Waals surface area contributed by atoms with Crippen LogP contribution in [0.15, 0.2) is 54.6 Å². The van der Waals surface area contributed by atoms with E-state index in [1.807, 2.05) is 34.9 Å². The van der Waals surface area contributed by atoms with Crippen molar-refractivity contribution in [2.24, 2.45) is 0 Å². The number of rotatable bonds is 5. The standard InChI is InChI=1S/C22H20ClN3O3/c23-17-11-9-16(10-12-17)20(27)19-21(24-18-8-4-5-13-26(18)19)25-22(28)29-14-15-6-2-1-3-7-15/h1-3,6-7,9-12H,4-5,8,13-14H2,(H,25,28). The average molecular weight is 410 g/mol. The second kappa shape index (κ2) is 8.49. The maximum absolute atomic E-state index is 13.2. The first-order chi connectivity index (χ1) is 14.1. The molecule has 1 N–H and O–H groups in total. The lowest BCUT2D eigenvalue weighted by Gasteiger charge is -2.16. The molecule has 7 heteroatoms. The van der Waals surface area contributed by atoms with E-state index in [-0.39, 0.29) is 18.2 Å². The van der Waals surface area contributed by atoms with Gasteiger partial charge in [-0.2, -0.15) is 0 Å². The largest absolute Gasteiger partial charge is 0.444 e. The molecule has 6 nitrogen and oxygen atoms in total. The van der Waals surface area contributed by atoms with E-state index in [2.05, 4.69) is 10.3 Å². The van der Waals surface area contributed by atoms with E-state index < -0.39 is 6.09 Å². The van der Waals surface area contributed by atoms with Crippen molar-refractivity contribution in [3.63, 3.8) is 0 Å². The quantitative estimate of drug-likeness (QED) is 0.611. The minimum Gasteiger partial charge on any atom is -0.444 e. The number of anilines is 1. The fraction of sp³-hybridized carbons (Fsp3) is 0.227. The second-order valence-electron chi connectivity index (χ2n) is 6.86. The van der Waals surface area contributed by atoms with Crippen LogP contribution in [0.3, 0.4) is 0 Å². The number of ether oxygens (including phenoxy) is 1. The molecule has 4 rings (SSSR count). The molecule has 0 bridgehead atoms. The van der Waals surface area contributed by atoms with Crippen molar-refractivity contribution < 1.29 is 14.3 Å². The maximum Gasteiger partial charge on any atom is 0.413 e. The summed E-state index contributed by atoms with van der Waals surface area (Å²) in [5.41, 5.74) is 1.74. The van der Waals surface area contributed by atoms with Gasteiger partial charge in [0.25, 0.3) is 0 Å². The first-order valence-corrected chi connectivity index (χ1v) is 9.87. The van der Waals surface area contributed by atoms with E-state index in [0.717, 1.165) is 30.7 Å². The molecular weight excluding hydrogens is 390 g/mol. The summed E-state index contributed by atoms with van der Waals surface area (Å²) in [7, 11) is 0. The number of imidazole rings is 1. The summed E-state index contributed by atoms with van der Waals surface area (Å²) < 4.78 is 7.19. The third-order valence-corrected chi connectivity index (χ3v) is 5.09. The Morgan fingerprint density at radius 3 is 2.59 bits per heavy atom. The molecule has 1 aliphatic rings. The molecule has 0 radical (unpaired) electrons. The van der Waals surface area contributed by atoms with Gasteiger partial charge < -0.3 is 9.30 Å². The van der Waals surface area contributed by atoms with Crippen LogP contribution in [0, 0.1) is 0 Å². The molecule has 2 aromatic carbocycles. The number of carbonyl (C=O) groups is 2. The third-order valence-electron chi connectivity index (χ3n) is 4.83. The summed E-state index contributed by atoms with van der Waals surface area (Å²) in [6.45, 7) is 0.832. The number of nitrogens with one attached hydrogen (secondary N) is 1. The predicted octanol–water partition coefficient (Wildman–Crippen LogP) is 4.85. The lowest BCUT2D eigenvalue weighted by molar-refractivity contribution is 0.103. The highest BCUT2D eigenvalue weighted by Crippen LogP contribution is 2.26. The molecule has 148 valence electrons. The van der Waals surface area contributed by atoms with E-state index >= 15 is 0 Å². The monoisotopic (exact) mass is 409 g/mol. The number of halogens is 1. The number of benzene rings is 2. The SMILES string of the molecule is O=C(Nc1nc2n(c1C(=O)c1ccc(Cl)cc1)CCCC2)OCc1ccccc1. The molecule has 3 aromatic rings. The van der Waals surface area contributed by atoms with Gasteiger partial charge in [-0.1, -0.05) is 41.9 Å². The van der Waals surface area contributed by atoms with E-state index in [1.54, 1.807) is 24.3 Å². The topological polar surface area (TPSA) is 73.2 Å². The van der Waals surface area contributed by atoms with Crippen LogP contribution in [-0.4, -0.2) is 21.4 Å². The van der Waals surface area contributed by atoms with Crippen LogP contribution >= 0.6 is 11.6 Å². The summed E-state index contributed by atoms with van der Waals surface area (Å²) in [4.78, 5) is 30.0. The zero-order chi connectivity index (χ0) is 20.2. The number of hydrogen-bond donors (Lipinski definition) is 1. The van der Waals surface area contributed by atoms with E-state index in [1.165, 1.54) is 0 Å². The summed E-state index contributed by atoms with van der Waals surface area (Å²) in [5, 5.41) is 3.22. The second-order valence-corrected chi connectivity index (χ2v) is 7.29. The maximum atomic E-state index is 13.2. The Bertz CT molecular complexity index is 1030. The zero-order valence-corrected chi connectivity index (χ0v) is 16.5. The molecule has 0 saturated carbocycles. The van der Waals surface area contributed by atoms with Crippen molar-refractivity contribution in [1.29, 1.82) is 0 Å². The third kappa shape index (κ3) is 4.32. The Morgan fingerprint density at radius 1 is 1.07 bits per heavy atom. The fourth-order valence-corrected chi connectivity index (χ4v) is 3.52. The smallest absolute Gasteiger partial charge is 0.413 e. The molecule has 1 amide bonds. The van der Waals surface area contributed by atoms with Crippen LogP contribution in [0.25, 0.3) is 0 Å². The van der Waals surface area contributed by atoms with E-state index in [9.17, 15) is 9.59 Å². The van der Waals surface area contributed by atoms with Crippen molar-refractivity contribution in [3.8, 4) is 0 Å². The number of amides is 1. The minimum atomic E-state index is -0.644. The first kappa shape index (κ1) is 19.2. The van der Waals surface area contributed by atoms with Crippen LogP contribution in [0.5, 0.6) is 0 Å². The Balaban J connectivity index is 1.57. The van der Waals surface area contributed by atoms with Gasteiger partial charge >= 0.3 is 6.09 Å². The van der Waals surface area contributed by atoms with Gasteiger partial charge in [0.1, 0.15) is 18.1 Å². The molecule has 0 saturated heterocycles. The number of carbonyl (C=O) groups excluding carboxylic acids is 2. The van der Waals surface area contributed by atoms with Gasteiger partial charge in [0.2, 0.25) is 5.78 Å². The Morgan fingerprint density at radius 2 is 1.83 bits per heavy atom. The molecule has 0 unspecified atom stereocenters. The Hall–Kier alpha value is -3.12. The summed E-state index contributed by atoms with van der Waals surface area (Å²) in [6, 6.07) is 16.1. The number of aromatic nitrogens is 2. The number of ketones is 1. The van der Waals surface area contributed by atoms with Crippen molar-refractivity contribution in [2.45, 2.75) is 32.4 Å². The molecule has 29 heavy (non-hydrogen) atoms. The van der Waals surface area contributed by atoms with Crippen molar-refractivity contribution in [2.75, 3.05) is 5.32 Å². The molecule has 1 aliphatic heterocycles. The van der Waals surface area contributed by atoms with Gasteiger partial charge in [0.15, 0.2) is 5.82 Å². The predicted molar refractivity (Wildman–Crippen MR) is 110 cm³/mol. The van der Waals surface area contributed by atoms with Gasteiger partial charge in [0, 0.05) is 23.6 Å². The summed E-state index contributed by atoms with van der Waals surface area (Å²) in [5.74, 6) is 0.826. The van der Waals surface area contributed by atoms with Crippen LogP contribution in [-0.2, 0) is 24.3 Å². The Kier molecular flexibility index (Phi) is 5.62. The number of hydrogen-bond acceptors (Lipinski definition) is 4. The lowest BCUT2D eigenvalue weighted by atomic mass is 10.1. The average Bonchev–Trinajstić information content (AvgIpc) is 3.10. The molecule has 0 fully saturated rings. The molecule has 0 spiro atoms. The van der Waals surface area contributed by atoms with Gasteiger partial charge in [0.05, 0.1) is 0 Å². The number of aryl methyl sites for hydroxylation is 1. The number of fused-ring (bicyclic) bond motifs is 1. The van der Waals surface area contributed by atoms with Gasteiger partial charge in [-0.25, -0.2) is 9.78 Å². The minimum absolute atomic E-state index is 0.140. The van der Waals surface area contributed by atoms with E-state index in [0.29, 0.717) is 22.8 Å².